The maximum absolute atomic E-state index is 12.2. The third kappa shape index (κ3) is 4.34. The van der Waals surface area contributed by atoms with E-state index in [1.54, 1.807) is 43.5 Å². The Morgan fingerprint density at radius 3 is 2.57 bits per heavy atom. The number of carbonyl (C=O) groups is 1. The van der Waals surface area contributed by atoms with Crippen molar-refractivity contribution in [2.45, 2.75) is 0 Å². The Bertz CT molecular complexity index is 792. The van der Waals surface area contributed by atoms with Gasteiger partial charge in [0.2, 0.25) is 0 Å². The van der Waals surface area contributed by atoms with E-state index >= 15 is 0 Å². The zero-order valence-corrected chi connectivity index (χ0v) is 13.8. The van der Waals surface area contributed by atoms with Gasteiger partial charge in [-0.1, -0.05) is 6.07 Å². The molecule has 0 atom stereocenters. The highest BCUT2D eigenvalue weighted by atomic mass is 79.9. The Hall–Kier alpha value is -2.78. The molecule has 6 heteroatoms. The van der Waals surface area contributed by atoms with Crippen molar-refractivity contribution in [2.24, 2.45) is 0 Å². The molecule has 0 fully saturated rings. The van der Waals surface area contributed by atoms with Crippen LogP contribution < -0.4 is 10.1 Å². The molecule has 0 aliphatic heterocycles. The number of aromatic hydroxyl groups is 1. The summed E-state index contributed by atoms with van der Waals surface area (Å²) in [5.74, 6) is 0.248. The minimum absolute atomic E-state index is 0.0431. The Morgan fingerprint density at radius 2 is 2.00 bits per heavy atom. The monoisotopic (exact) mass is 372 g/mol. The largest absolute Gasteiger partial charge is 0.507 e. The van der Waals surface area contributed by atoms with Gasteiger partial charge in [-0.15, -0.1) is 0 Å². The number of carbonyl (C=O) groups excluding carboxylic acids is 1. The average Bonchev–Trinajstić information content (AvgIpc) is 2.56. The SMILES string of the molecule is COc1ccc(NC(=O)C(C#N)=Cc2ccc(O)c(Br)c2)cc1. The Morgan fingerprint density at radius 1 is 1.30 bits per heavy atom. The van der Waals surface area contributed by atoms with Gasteiger partial charge in [-0.3, -0.25) is 4.79 Å². The zero-order valence-electron chi connectivity index (χ0n) is 12.2. The summed E-state index contributed by atoms with van der Waals surface area (Å²) in [5, 5.41) is 21.3. The summed E-state index contributed by atoms with van der Waals surface area (Å²) in [4.78, 5) is 12.2. The van der Waals surface area contributed by atoms with Crippen molar-refractivity contribution in [1.29, 1.82) is 5.26 Å². The fraction of sp³-hybridized carbons (Fsp3) is 0.0588. The van der Waals surface area contributed by atoms with E-state index in [4.69, 9.17) is 4.74 Å². The van der Waals surface area contributed by atoms with Crippen LogP contribution in [-0.2, 0) is 4.79 Å². The van der Waals surface area contributed by atoms with Gasteiger partial charge in [0, 0.05) is 5.69 Å². The lowest BCUT2D eigenvalue weighted by Crippen LogP contribution is -2.13. The quantitative estimate of drug-likeness (QED) is 0.632. The van der Waals surface area contributed by atoms with Gasteiger partial charge in [0.1, 0.15) is 23.1 Å². The lowest BCUT2D eigenvalue weighted by atomic mass is 10.1. The summed E-state index contributed by atoms with van der Waals surface area (Å²) in [7, 11) is 1.56. The van der Waals surface area contributed by atoms with E-state index in [0.717, 1.165) is 0 Å². The second kappa shape index (κ2) is 7.47. The van der Waals surface area contributed by atoms with Crippen LogP contribution in [0.4, 0.5) is 5.69 Å². The molecule has 0 aliphatic rings. The molecule has 2 rings (SSSR count). The van der Waals surface area contributed by atoms with E-state index < -0.39 is 5.91 Å². The first-order chi connectivity index (χ1) is 11.0. The van der Waals surface area contributed by atoms with Crippen molar-refractivity contribution >= 4 is 33.6 Å². The molecule has 0 aliphatic carbocycles. The van der Waals surface area contributed by atoms with Crippen molar-refractivity contribution in [1.82, 2.24) is 0 Å². The van der Waals surface area contributed by atoms with E-state index in [0.29, 0.717) is 21.5 Å². The van der Waals surface area contributed by atoms with E-state index in [2.05, 4.69) is 21.2 Å². The fourth-order valence-corrected chi connectivity index (χ4v) is 2.20. The number of rotatable bonds is 4. The normalized spacial score (nSPS) is 10.7. The molecule has 0 bridgehead atoms. The summed E-state index contributed by atoms with van der Waals surface area (Å²) in [5.41, 5.74) is 1.14. The molecule has 23 heavy (non-hydrogen) atoms. The number of hydrogen-bond acceptors (Lipinski definition) is 4. The first kappa shape index (κ1) is 16.6. The van der Waals surface area contributed by atoms with Crippen LogP contribution in [0.1, 0.15) is 5.56 Å². The highest BCUT2D eigenvalue weighted by Crippen LogP contribution is 2.25. The lowest BCUT2D eigenvalue weighted by Gasteiger charge is -2.06. The highest BCUT2D eigenvalue weighted by Gasteiger charge is 2.10. The van der Waals surface area contributed by atoms with Crippen LogP contribution in [-0.4, -0.2) is 18.1 Å². The summed E-state index contributed by atoms with van der Waals surface area (Å²) in [6, 6.07) is 13.4. The number of nitriles is 1. The molecule has 0 saturated carbocycles. The number of nitrogens with one attached hydrogen (secondary N) is 1. The number of amides is 1. The van der Waals surface area contributed by atoms with Crippen LogP contribution in [0.3, 0.4) is 0 Å². The van der Waals surface area contributed by atoms with Crippen LogP contribution >= 0.6 is 15.9 Å². The number of benzene rings is 2. The third-order valence-electron chi connectivity index (χ3n) is 3.00. The molecular weight excluding hydrogens is 360 g/mol. The van der Waals surface area contributed by atoms with Gasteiger partial charge < -0.3 is 15.2 Å². The van der Waals surface area contributed by atoms with Crippen molar-refractivity contribution in [2.75, 3.05) is 12.4 Å². The minimum Gasteiger partial charge on any atom is -0.507 e. The number of nitrogens with zero attached hydrogens (tertiary/aromatic N) is 1. The summed E-state index contributed by atoms with van der Waals surface area (Å²) in [6.07, 6.45) is 1.45. The van der Waals surface area contributed by atoms with Crippen LogP contribution in [0.15, 0.2) is 52.5 Å². The van der Waals surface area contributed by atoms with E-state index in [9.17, 15) is 15.2 Å². The number of ether oxygens (including phenoxy) is 1. The summed E-state index contributed by atoms with van der Waals surface area (Å²) < 4.78 is 5.53. The summed E-state index contributed by atoms with van der Waals surface area (Å²) in [6.45, 7) is 0. The van der Waals surface area contributed by atoms with Gasteiger partial charge in [-0.05, 0) is 64.0 Å². The Balaban J connectivity index is 2.18. The number of anilines is 1. The lowest BCUT2D eigenvalue weighted by molar-refractivity contribution is -0.112. The second-order valence-electron chi connectivity index (χ2n) is 4.56. The van der Waals surface area contributed by atoms with E-state index in [1.165, 1.54) is 12.1 Å². The van der Waals surface area contributed by atoms with E-state index in [-0.39, 0.29) is 11.3 Å². The molecule has 0 unspecified atom stereocenters. The van der Waals surface area contributed by atoms with Crippen molar-refractivity contribution < 1.29 is 14.6 Å². The molecule has 0 saturated heterocycles. The summed E-state index contributed by atoms with van der Waals surface area (Å²) >= 11 is 3.19. The van der Waals surface area contributed by atoms with Gasteiger partial charge in [0.15, 0.2) is 0 Å². The smallest absolute Gasteiger partial charge is 0.266 e. The molecule has 2 aromatic carbocycles. The van der Waals surface area contributed by atoms with Crippen LogP contribution in [0.25, 0.3) is 6.08 Å². The molecule has 5 nitrogen and oxygen atoms in total. The Kier molecular flexibility index (Phi) is 5.39. The van der Waals surface area contributed by atoms with Crippen molar-refractivity contribution in [3.8, 4) is 17.6 Å². The molecule has 2 aromatic rings. The second-order valence-corrected chi connectivity index (χ2v) is 5.42. The topological polar surface area (TPSA) is 82.3 Å². The number of methoxy groups -OCH3 is 1. The maximum atomic E-state index is 12.2. The molecule has 0 radical (unpaired) electrons. The van der Waals surface area contributed by atoms with Crippen molar-refractivity contribution in [3.63, 3.8) is 0 Å². The predicted octanol–water partition coefficient (Wildman–Crippen LogP) is 3.71. The molecule has 2 N–H and O–H groups in total. The Labute approximate surface area is 142 Å². The third-order valence-corrected chi connectivity index (χ3v) is 3.63. The highest BCUT2D eigenvalue weighted by molar-refractivity contribution is 9.10. The number of phenols is 1. The molecule has 1 amide bonds. The molecule has 0 heterocycles. The number of phenolic OH excluding ortho intramolecular Hbond substituents is 1. The molecular formula is C17H13BrN2O3. The predicted molar refractivity (Wildman–Crippen MR) is 91.0 cm³/mol. The van der Waals surface area contributed by atoms with Gasteiger partial charge in [-0.25, -0.2) is 0 Å². The average molecular weight is 373 g/mol. The van der Waals surface area contributed by atoms with Gasteiger partial charge in [0.05, 0.1) is 11.6 Å². The van der Waals surface area contributed by atoms with Gasteiger partial charge in [-0.2, -0.15) is 5.26 Å². The van der Waals surface area contributed by atoms with Crippen LogP contribution in [0.5, 0.6) is 11.5 Å². The minimum atomic E-state index is -0.512. The number of halogens is 1. The fourth-order valence-electron chi connectivity index (χ4n) is 1.80. The van der Waals surface area contributed by atoms with Crippen LogP contribution in [0, 0.1) is 11.3 Å². The number of hydrogen-bond donors (Lipinski definition) is 2. The van der Waals surface area contributed by atoms with Gasteiger partial charge in [0.25, 0.3) is 5.91 Å². The first-order valence-corrected chi connectivity index (χ1v) is 7.38. The first-order valence-electron chi connectivity index (χ1n) is 6.59. The van der Waals surface area contributed by atoms with Crippen molar-refractivity contribution in [3.05, 3.63) is 58.1 Å². The van der Waals surface area contributed by atoms with E-state index in [1.807, 2.05) is 6.07 Å². The standard InChI is InChI=1S/C17H13BrN2O3/c1-23-14-5-3-13(4-6-14)20-17(22)12(10-19)8-11-2-7-16(21)15(18)9-11/h2-9,21H,1H3,(H,20,22). The molecule has 0 aromatic heterocycles. The zero-order chi connectivity index (χ0) is 16.8. The maximum Gasteiger partial charge on any atom is 0.266 e. The molecule has 0 spiro atoms. The molecule has 116 valence electrons. The van der Waals surface area contributed by atoms with Crippen LogP contribution in [0.2, 0.25) is 0 Å². The van der Waals surface area contributed by atoms with Gasteiger partial charge >= 0.3 is 0 Å².